The van der Waals surface area contributed by atoms with Crippen LogP contribution in [-0.2, 0) is 13.1 Å². The fourth-order valence-electron chi connectivity index (χ4n) is 2.79. The van der Waals surface area contributed by atoms with Gasteiger partial charge in [-0.3, -0.25) is 9.36 Å². The van der Waals surface area contributed by atoms with Gasteiger partial charge in [0.1, 0.15) is 0 Å². The molecule has 1 fully saturated rings. The Morgan fingerprint density at radius 3 is 2.95 bits per heavy atom. The lowest BCUT2D eigenvalue weighted by molar-refractivity contribution is 0.467. The number of rotatable bonds is 5. The first kappa shape index (κ1) is 12.3. The average Bonchev–Trinajstić information content (AvgIpc) is 3.16. The van der Waals surface area contributed by atoms with Gasteiger partial charge < -0.3 is 5.32 Å². The second-order valence-electron chi connectivity index (χ2n) is 5.14. The monoisotopic (exact) mass is 259 g/mol. The maximum Gasteiger partial charge on any atom is 0.0729 e. The van der Waals surface area contributed by atoms with Gasteiger partial charge in [-0.2, -0.15) is 10.2 Å². The molecular formula is C14H21N5. The molecule has 0 radical (unpaired) electrons. The van der Waals surface area contributed by atoms with Crippen LogP contribution in [-0.4, -0.2) is 19.6 Å². The van der Waals surface area contributed by atoms with E-state index in [9.17, 15) is 0 Å². The number of aryl methyl sites for hydroxylation is 1. The standard InChI is InChI=1S/C14H21N5/c1-2-18-14(7-8-16-18)10-15-12-9-17-19(11-12)13-5-3-4-6-13/h7-9,11,13,15H,2-6,10H2,1H3. The molecule has 0 atom stereocenters. The molecule has 0 spiro atoms. The Bertz CT molecular complexity index is 521. The quantitative estimate of drug-likeness (QED) is 0.898. The van der Waals surface area contributed by atoms with Crippen molar-refractivity contribution in [3.63, 3.8) is 0 Å². The van der Waals surface area contributed by atoms with Crippen LogP contribution in [0.2, 0.25) is 0 Å². The number of nitrogens with zero attached hydrogens (tertiary/aromatic N) is 4. The highest BCUT2D eigenvalue weighted by molar-refractivity contribution is 5.38. The summed E-state index contributed by atoms with van der Waals surface area (Å²) in [4.78, 5) is 0. The van der Waals surface area contributed by atoms with Gasteiger partial charge in [0, 0.05) is 18.9 Å². The van der Waals surface area contributed by atoms with Crippen LogP contribution >= 0.6 is 0 Å². The maximum absolute atomic E-state index is 4.47. The van der Waals surface area contributed by atoms with E-state index in [2.05, 4.69) is 39.4 Å². The Hall–Kier alpha value is -1.78. The predicted octanol–water partition coefficient (Wildman–Crippen LogP) is 2.83. The number of aromatic nitrogens is 4. The van der Waals surface area contributed by atoms with E-state index in [0.717, 1.165) is 18.8 Å². The predicted molar refractivity (Wildman–Crippen MR) is 75.0 cm³/mol. The molecule has 1 N–H and O–H groups in total. The van der Waals surface area contributed by atoms with Gasteiger partial charge in [0.2, 0.25) is 0 Å². The van der Waals surface area contributed by atoms with Gasteiger partial charge in [0.25, 0.3) is 0 Å². The third kappa shape index (κ3) is 2.64. The van der Waals surface area contributed by atoms with Gasteiger partial charge in [-0.25, -0.2) is 0 Å². The second kappa shape index (κ2) is 5.47. The molecular weight excluding hydrogens is 238 g/mol. The Balaban J connectivity index is 1.61. The number of hydrogen-bond donors (Lipinski definition) is 1. The van der Waals surface area contributed by atoms with E-state index in [1.54, 1.807) is 0 Å². The summed E-state index contributed by atoms with van der Waals surface area (Å²) in [6.45, 7) is 3.81. The van der Waals surface area contributed by atoms with Crippen LogP contribution < -0.4 is 5.32 Å². The molecule has 19 heavy (non-hydrogen) atoms. The van der Waals surface area contributed by atoms with Gasteiger partial charge in [0.05, 0.1) is 30.2 Å². The van der Waals surface area contributed by atoms with E-state index in [1.807, 2.05) is 17.1 Å². The van der Waals surface area contributed by atoms with Crippen molar-refractivity contribution in [3.05, 3.63) is 30.4 Å². The van der Waals surface area contributed by atoms with Crippen LogP contribution in [0.3, 0.4) is 0 Å². The van der Waals surface area contributed by atoms with Crippen LogP contribution in [0.5, 0.6) is 0 Å². The third-order valence-corrected chi connectivity index (χ3v) is 3.88. The SMILES string of the molecule is CCn1nccc1CNc1cnn(C2CCCC2)c1. The molecule has 0 unspecified atom stereocenters. The van der Waals surface area contributed by atoms with Gasteiger partial charge >= 0.3 is 0 Å². The molecule has 1 aliphatic carbocycles. The molecule has 0 bridgehead atoms. The normalized spacial score (nSPS) is 16.1. The molecule has 2 aromatic heterocycles. The number of hydrogen-bond acceptors (Lipinski definition) is 3. The van der Waals surface area contributed by atoms with Crippen LogP contribution in [0.25, 0.3) is 0 Å². The van der Waals surface area contributed by atoms with E-state index in [1.165, 1.54) is 31.4 Å². The Morgan fingerprint density at radius 2 is 2.16 bits per heavy atom. The van der Waals surface area contributed by atoms with Crippen LogP contribution in [0.15, 0.2) is 24.7 Å². The summed E-state index contributed by atoms with van der Waals surface area (Å²) >= 11 is 0. The minimum Gasteiger partial charge on any atom is -0.377 e. The molecule has 2 aromatic rings. The van der Waals surface area contributed by atoms with E-state index >= 15 is 0 Å². The molecule has 0 saturated heterocycles. The summed E-state index contributed by atoms with van der Waals surface area (Å²) in [6, 6.07) is 2.66. The molecule has 0 aromatic carbocycles. The molecule has 0 amide bonds. The largest absolute Gasteiger partial charge is 0.377 e. The first-order valence-corrected chi connectivity index (χ1v) is 7.15. The highest BCUT2D eigenvalue weighted by atomic mass is 15.3. The molecule has 1 aliphatic rings. The minimum atomic E-state index is 0.608. The van der Waals surface area contributed by atoms with E-state index in [-0.39, 0.29) is 0 Å². The van der Waals surface area contributed by atoms with Crippen molar-refractivity contribution in [2.24, 2.45) is 0 Å². The van der Waals surface area contributed by atoms with Crippen molar-refractivity contribution in [3.8, 4) is 0 Å². The van der Waals surface area contributed by atoms with E-state index in [4.69, 9.17) is 0 Å². The lowest BCUT2D eigenvalue weighted by atomic mass is 10.3. The third-order valence-electron chi connectivity index (χ3n) is 3.88. The lowest BCUT2D eigenvalue weighted by Crippen LogP contribution is -2.07. The number of anilines is 1. The van der Waals surface area contributed by atoms with Gasteiger partial charge in [0.15, 0.2) is 0 Å². The second-order valence-corrected chi connectivity index (χ2v) is 5.14. The maximum atomic E-state index is 4.47. The highest BCUT2D eigenvalue weighted by Crippen LogP contribution is 2.29. The summed E-state index contributed by atoms with van der Waals surface area (Å²) < 4.78 is 4.13. The van der Waals surface area contributed by atoms with Crippen molar-refractivity contribution in [1.82, 2.24) is 19.6 Å². The average molecular weight is 259 g/mol. The lowest BCUT2D eigenvalue weighted by Gasteiger charge is -2.09. The zero-order chi connectivity index (χ0) is 13.1. The zero-order valence-corrected chi connectivity index (χ0v) is 11.4. The first-order chi connectivity index (χ1) is 9.36. The van der Waals surface area contributed by atoms with Crippen molar-refractivity contribution in [1.29, 1.82) is 0 Å². The molecule has 2 heterocycles. The Morgan fingerprint density at radius 1 is 1.32 bits per heavy atom. The van der Waals surface area contributed by atoms with Crippen molar-refractivity contribution in [2.45, 2.75) is 51.7 Å². The first-order valence-electron chi connectivity index (χ1n) is 7.15. The molecule has 5 heteroatoms. The van der Waals surface area contributed by atoms with Crippen molar-refractivity contribution >= 4 is 5.69 Å². The number of nitrogens with one attached hydrogen (secondary N) is 1. The minimum absolute atomic E-state index is 0.608. The topological polar surface area (TPSA) is 47.7 Å². The molecule has 102 valence electrons. The fraction of sp³-hybridized carbons (Fsp3) is 0.571. The summed E-state index contributed by atoms with van der Waals surface area (Å²) in [5, 5.41) is 12.2. The summed E-state index contributed by atoms with van der Waals surface area (Å²) in [5.41, 5.74) is 2.30. The molecule has 1 saturated carbocycles. The van der Waals surface area contributed by atoms with E-state index < -0.39 is 0 Å². The van der Waals surface area contributed by atoms with Crippen LogP contribution in [0, 0.1) is 0 Å². The van der Waals surface area contributed by atoms with Crippen LogP contribution in [0.1, 0.15) is 44.3 Å². The van der Waals surface area contributed by atoms with Crippen LogP contribution in [0.4, 0.5) is 5.69 Å². The highest BCUT2D eigenvalue weighted by Gasteiger charge is 2.17. The van der Waals surface area contributed by atoms with Crippen molar-refractivity contribution in [2.75, 3.05) is 5.32 Å². The van der Waals surface area contributed by atoms with Gasteiger partial charge in [-0.15, -0.1) is 0 Å². The summed E-state index contributed by atoms with van der Waals surface area (Å²) in [7, 11) is 0. The smallest absolute Gasteiger partial charge is 0.0729 e. The Labute approximate surface area is 113 Å². The molecule has 5 nitrogen and oxygen atoms in total. The van der Waals surface area contributed by atoms with Gasteiger partial charge in [-0.05, 0) is 25.8 Å². The van der Waals surface area contributed by atoms with Crippen molar-refractivity contribution < 1.29 is 0 Å². The summed E-state index contributed by atoms with van der Waals surface area (Å²) in [5.74, 6) is 0. The molecule has 3 rings (SSSR count). The fourth-order valence-corrected chi connectivity index (χ4v) is 2.79. The summed E-state index contributed by atoms with van der Waals surface area (Å²) in [6.07, 6.45) is 11.1. The molecule has 0 aliphatic heterocycles. The Kier molecular flexibility index (Phi) is 3.53. The van der Waals surface area contributed by atoms with E-state index in [0.29, 0.717) is 6.04 Å². The van der Waals surface area contributed by atoms with Gasteiger partial charge in [-0.1, -0.05) is 12.8 Å². The zero-order valence-electron chi connectivity index (χ0n) is 11.4.